The minimum Gasteiger partial charge on any atom is -0.313 e. The molecule has 1 atom stereocenters. The lowest BCUT2D eigenvalue weighted by atomic mass is 9.98. The van der Waals surface area contributed by atoms with Crippen LogP contribution in [0, 0.1) is 11.6 Å². The number of halogens is 4. The highest BCUT2D eigenvalue weighted by Crippen LogP contribution is 2.27. The summed E-state index contributed by atoms with van der Waals surface area (Å²) in [7, 11) is 1.75. The van der Waals surface area contributed by atoms with Crippen LogP contribution in [0.3, 0.4) is 0 Å². The summed E-state index contributed by atoms with van der Waals surface area (Å²) in [5.41, 5.74) is 1.18. The summed E-state index contributed by atoms with van der Waals surface area (Å²) < 4.78 is 26.9. The van der Waals surface area contributed by atoms with Crippen molar-refractivity contribution < 1.29 is 8.78 Å². The van der Waals surface area contributed by atoms with Crippen LogP contribution in [-0.2, 0) is 6.42 Å². The Morgan fingerprint density at radius 2 is 1.80 bits per heavy atom. The van der Waals surface area contributed by atoms with Crippen LogP contribution in [0.1, 0.15) is 17.2 Å². The fraction of sp³-hybridized carbons (Fsp3) is 0.200. The number of rotatable bonds is 4. The van der Waals surface area contributed by atoms with Gasteiger partial charge in [-0.05, 0) is 54.9 Å². The molecule has 0 fully saturated rings. The van der Waals surface area contributed by atoms with Gasteiger partial charge in [-0.25, -0.2) is 8.78 Å². The molecule has 1 nitrogen and oxygen atoms in total. The highest BCUT2D eigenvalue weighted by molar-refractivity contribution is 6.42. The van der Waals surface area contributed by atoms with Crippen molar-refractivity contribution in [3.63, 3.8) is 0 Å². The molecule has 1 N–H and O–H groups in total. The lowest BCUT2D eigenvalue weighted by Gasteiger charge is -2.18. The van der Waals surface area contributed by atoms with Gasteiger partial charge < -0.3 is 5.32 Å². The molecule has 20 heavy (non-hydrogen) atoms. The van der Waals surface area contributed by atoms with E-state index in [9.17, 15) is 8.78 Å². The third kappa shape index (κ3) is 3.48. The van der Waals surface area contributed by atoms with Crippen molar-refractivity contribution in [1.82, 2.24) is 5.32 Å². The van der Waals surface area contributed by atoms with Gasteiger partial charge in [-0.15, -0.1) is 0 Å². The maximum absolute atomic E-state index is 13.7. The zero-order chi connectivity index (χ0) is 14.7. The Morgan fingerprint density at radius 3 is 2.45 bits per heavy atom. The molecule has 2 rings (SSSR count). The Labute approximate surface area is 126 Å². The summed E-state index contributed by atoms with van der Waals surface area (Å²) in [5.74, 6) is -0.878. The largest absolute Gasteiger partial charge is 0.313 e. The quantitative estimate of drug-likeness (QED) is 0.856. The molecule has 2 aromatic carbocycles. The first-order valence-corrected chi connectivity index (χ1v) is 6.83. The van der Waals surface area contributed by atoms with Gasteiger partial charge >= 0.3 is 0 Å². The van der Waals surface area contributed by atoms with E-state index in [1.54, 1.807) is 19.2 Å². The first-order valence-electron chi connectivity index (χ1n) is 6.07. The maximum Gasteiger partial charge on any atom is 0.126 e. The van der Waals surface area contributed by atoms with Gasteiger partial charge in [0.15, 0.2) is 0 Å². The topological polar surface area (TPSA) is 12.0 Å². The van der Waals surface area contributed by atoms with Crippen LogP contribution in [0.2, 0.25) is 10.0 Å². The molecule has 106 valence electrons. The van der Waals surface area contributed by atoms with E-state index in [-0.39, 0.29) is 6.04 Å². The van der Waals surface area contributed by atoms with Crippen molar-refractivity contribution in [2.45, 2.75) is 12.5 Å². The smallest absolute Gasteiger partial charge is 0.126 e. The summed E-state index contributed by atoms with van der Waals surface area (Å²) >= 11 is 11.9. The average Bonchev–Trinajstić information content (AvgIpc) is 2.43. The molecule has 0 heterocycles. The van der Waals surface area contributed by atoms with Gasteiger partial charge in [-0.2, -0.15) is 0 Å². The molecule has 0 aliphatic heterocycles. The van der Waals surface area contributed by atoms with E-state index in [1.807, 2.05) is 6.07 Å². The van der Waals surface area contributed by atoms with E-state index < -0.39 is 11.6 Å². The summed E-state index contributed by atoms with van der Waals surface area (Å²) in [6.07, 6.45) is 0.318. The zero-order valence-corrected chi connectivity index (χ0v) is 12.3. The Hall–Kier alpha value is -1.16. The highest BCUT2D eigenvalue weighted by Gasteiger charge is 2.14. The second kappa shape index (κ2) is 6.53. The molecule has 1 unspecified atom stereocenters. The van der Waals surface area contributed by atoms with Crippen LogP contribution in [-0.4, -0.2) is 7.05 Å². The number of likely N-dealkylation sites (N-methyl/N-ethyl adjacent to an activating group) is 1. The molecule has 0 aromatic heterocycles. The monoisotopic (exact) mass is 315 g/mol. The molecule has 0 bridgehead atoms. The van der Waals surface area contributed by atoms with Crippen molar-refractivity contribution in [2.75, 3.05) is 7.05 Å². The minimum absolute atomic E-state index is 0.180. The Bertz CT molecular complexity index is 617. The van der Waals surface area contributed by atoms with Gasteiger partial charge in [0.25, 0.3) is 0 Å². The second-order valence-corrected chi connectivity index (χ2v) is 5.27. The third-order valence-electron chi connectivity index (χ3n) is 3.13. The van der Waals surface area contributed by atoms with Gasteiger partial charge in [-0.1, -0.05) is 29.3 Å². The molecule has 0 radical (unpaired) electrons. The summed E-state index contributed by atoms with van der Waals surface area (Å²) in [6.45, 7) is 0. The number of hydrogen-bond acceptors (Lipinski definition) is 1. The van der Waals surface area contributed by atoms with Gasteiger partial charge in [-0.3, -0.25) is 0 Å². The predicted molar refractivity (Wildman–Crippen MR) is 78.3 cm³/mol. The molecule has 0 saturated carbocycles. The fourth-order valence-corrected chi connectivity index (χ4v) is 2.34. The normalized spacial score (nSPS) is 12.4. The Balaban J connectivity index is 2.28. The Kier molecular flexibility index (Phi) is 4.97. The average molecular weight is 316 g/mol. The lowest BCUT2D eigenvalue weighted by Crippen LogP contribution is -2.19. The number of hydrogen-bond donors (Lipinski definition) is 1. The maximum atomic E-state index is 13.7. The summed E-state index contributed by atoms with van der Waals surface area (Å²) in [5, 5.41) is 3.96. The molecule has 0 spiro atoms. The molecule has 0 aliphatic carbocycles. The van der Waals surface area contributed by atoms with E-state index in [0.717, 1.165) is 17.7 Å². The van der Waals surface area contributed by atoms with E-state index in [4.69, 9.17) is 23.2 Å². The third-order valence-corrected chi connectivity index (χ3v) is 3.87. The van der Waals surface area contributed by atoms with E-state index in [0.29, 0.717) is 22.0 Å². The predicted octanol–water partition coefficient (Wildman–Crippen LogP) is 4.77. The Morgan fingerprint density at radius 1 is 1.05 bits per heavy atom. The minimum atomic E-state index is -0.453. The van der Waals surface area contributed by atoms with Crippen LogP contribution < -0.4 is 5.32 Å². The zero-order valence-electron chi connectivity index (χ0n) is 10.8. The van der Waals surface area contributed by atoms with E-state index >= 15 is 0 Å². The van der Waals surface area contributed by atoms with Crippen molar-refractivity contribution in [1.29, 1.82) is 0 Å². The van der Waals surface area contributed by atoms with Crippen LogP contribution in [0.4, 0.5) is 8.78 Å². The van der Waals surface area contributed by atoms with Crippen molar-refractivity contribution in [3.8, 4) is 0 Å². The molecule has 2 aromatic rings. The fourth-order valence-electron chi connectivity index (χ4n) is 2.04. The van der Waals surface area contributed by atoms with E-state index in [1.165, 1.54) is 6.07 Å². The van der Waals surface area contributed by atoms with Gasteiger partial charge in [0.1, 0.15) is 11.6 Å². The van der Waals surface area contributed by atoms with Gasteiger partial charge in [0, 0.05) is 6.04 Å². The van der Waals surface area contributed by atoms with Crippen LogP contribution in [0.25, 0.3) is 0 Å². The number of nitrogens with one attached hydrogen (secondary N) is 1. The van der Waals surface area contributed by atoms with Crippen LogP contribution >= 0.6 is 23.2 Å². The SMILES string of the molecule is CNC(Cc1cc(F)ccc1F)c1ccc(Cl)c(Cl)c1. The molecule has 5 heteroatoms. The molecule has 0 saturated heterocycles. The van der Waals surface area contributed by atoms with Gasteiger partial charge in [0.05, 0.1) is 10.0 Å². The van der Waals surface area contributed by atoms with E-state index in [2.05, 4.69) is 5.32 Å². The van der Waals surface area contributed by atoms with Gasteiger partial charge in [0.2, 0.25) is 0 Å². The summed E-state index contributed by atoms with van der Waals surface area (Å²) in [6, 6.07) is 8.48. The lowest BCUT2D eigenvalue weighted by molar-refractivity contribution is 0.544. The molecule has 0 amide bonds. The van der Waals surface area contributed by atoms with Crippen LogP contribution in [0.15, 0.2) is 36.4 Å². The van der Waals surface area contributed by atoms with Crippen LogP contribution in [0.5, 0.6) is 0 Å². The first-order chi connectivity index (χ1) is 9.51. The second-order valence-electron chi connectivity index (χ2n) is 4.45. The molecular formula is C15H13Cl2F2N. The van der Waals surface area contributed by atoms with Crippen molar-refractivity contribution in [3.05, 3.63) is 69.2 Å². The van der Waals surface area contributed by atoms with Crippen molar-refractivity contribution in [2.24, 2.45) is 0 Å². The summed E-state index contributed by atoms with van der Waals surface area (Å²) in [4.78, 5) is 0. The first kappa shape index (κ1) is 15.2. The van der Waals surface area contributed by atoms with Crippen molar-refractivity contribution >= 4 is 23.2 Å². The standard InChI is InChI=1S/C15H13Cl2F2N/c1-20-15(9-2-4-12(16)13(17)7-9)8-10-6-11(18)3-5-14(10)19/h2-7,15,20H,8H2,1H3. The molecule has 0 aliphatic rings. The highest BCUT2D eigenvalue weighted by atomic mass is 35.5. The molecular weight excluding hydrogens is 303 g/mol. The number of benzene rings is 2.